The predicted molar refractivity (Wildman–Crippen MR) is 121 cm³/mol. The summed E-state index contributed by atoms with van der Waals surface area (Å²) in [6.07, 6.45) is -3.16. The maximum atomic E-state index is 14.2. The van der Waals surface area contributed by atoms with Gasteiger partial charge in [-0.3, -0.25) is 0 Å². The molecular formula is C26H19ClF4NO3-. The average molecular weight is 505 g/mol. The van der Waals surface area contributed by atoms with Crippen molar-refractivity contribution in [2.75, 3.05) is 0 Å². The molecule has 0 bridgehead atoms. The molecule has 1 aromatic heterocycles. The topological polar surface area (TPSA) is 62.2 Å². The zero-order valence-electron chi connectivity index (χ0n) is 18.5. The number of alkyl halides is 3. The number of aromatic nitrogens is 1. The molecule has 1 heterocycles. The standard InChI is InChI=1S/C26H20ClF4NO3/c1-14-5-8-24(35-13-15-6-7-17(27)12-21(15)28)20(9-14)18-3-2-4-19(18)22-10-16(26(29,30)31)11-23(32-22)25(33)34/h5-12H,2-4,13H2,1H3,(H,33,34)/p-1. The molecule has 0 N–H and O–H groups in total. The molecule has 182 valence electrons. The molecule has 3 aromatic rings. The molecule has 0 spiro atoms. The number of aromatic carboxylic acids is 1. The summed E-state index contributed by atoms with van der Waals surface area (Å²) in [6, 6.07) is 10.9. The smallest absolute Gasteiger partial charge is 0.416 e. The van der Waals surface area contributed by atoms with Crippen LogP contribution in [-0.2, 0) is 12.8 Å². The Morgan fingerprint density at radius 2 is 1.83 bits per heavy atom. The van der Waals surface area contributed by atoms with Gasteiger partial charge in [-0.15, -0.1) is 0 Å². The number of rotatable bonds is 6. The molecule has 0 amide bonds. The van der Waals surface area contributed by atoms with E-state index < -0.39 is 29.2 Å². The van der Waals surface area contributed by atoms with Crippen molar-refractivity contribution in [3.05, 3.63) is 93.0 Å². The third-order valence-corrected chi connectivity index (χ3v) is 5.98. The lowest BCUT2D eigenvalue weighted by molar-refractivity contribution is -0.255. The molecule has 1 aliphatic carbocycles. The monoisotopic (exact) mass is 504 g/mol. The first-order valence-corrected chi connectivity index (χ1v) is 11.1. The van der Waals surface area contributed by atoms with E-state index in [0.29, 0.717) is 53.4 Å². The zero-order chi connectivity index (χ0) is 25.3. The number of carboxylic acid groups (broad SMARTS) is 1. The normalized spacial score (nSPS) is 13.9. The van der Waals surface area contributed by atoms with Gasteiger partial charge >= 0.3 is 6.18 Å². The fourth-order valence-electron chi connectivity index (χ4n) is 4.08. The van der Waals surface area contributed by atoms with Crippen LogP contribution in [0.1, 0.15) is 57.7 Å². The van der Waals surface area contributed by atoms with Crippen LogP contribution in [0.25, 0.3) is 11.1 Å². The van der Waals surface area contributed by atoms with E-state index in [0.717, 1.165) is 11.6 Å². The first-order chi connectivity index (χ1) is 16.5. The van der Waals surface area contributed by atoms with Crippen molar-refractivity contribution in [3.8, 4) is 5.75 Å². The number of nitrogens with zero attached hydrogens (tertiary/aromatic N) is 1. The van der Waals surface area contributed by atoms with Crippen LogP contribution in [0.5, 0.6) is 5.75 Å². The van der Waals surface area contributed by atoms with E-state index in [1.807, 2.05) is 19.1 Å². The third-order valence-electron chi connectivity index (χ3n) is 5.75. The van der Waals surface area contributed by atoms with Gasteiger partial charge in [-0.2, -0.15) is 13.2 Å². The van der Waals surface area contributed by atoms with E-state index in [1.54, 1.807) is 12.1 Å². The van der Waals surface area contributed by atoms with Gasteiger partial charge in [0.2, 0.25) is 0 Å². The molecule has 2 aromatic carbocycles. The van der Waals surface area contributed by atoms with Crippen LogP contribution in [0, 0.1) is 12.7 Å². The summed E-state index contributed by atoms with van der Waals surface area (Å²) in [5.74, 6) is -1.89. The van der Waals surface area contributed by atoms with Crippen molar-refractivity contribution in [1.82, 2.24) is 4.98 Å². The largest absolute Gasteiger partial charge is 0.543 e. The molecular weight excluding hydrogens is 486 g/mol. The predicted octanol–water partition coefficient (Wildman–Crippen LogP) is 6.24. The number of ether oxygens (including phenoxy) is 1. The van der Waals surface area contributed by atoms with Gasteiger partial charge in [0.15, 0.2) is 0 Å². The molecule has 4 rings (SSSR count). The van der Waals surface area contributed by atoms with Gasteiger partial charge in [-0.05, 0) is 73.7 Å². The van der Waals surface area contributed by atoms with E-state index >= 15 is 0 Å². The summed E-state index contributed by atoms with van der Waals surface area (Å²) in [5, 5.41) is 11.6. The second kappa shape index (κ2) is 9.70. The van der Waals surface area contributed by atoms with Crippen LogP contribution in [0.2, 0.25) is 5.02 Å². The lowest BCUT2D eigenvalue weighted by atomic mass is 9.96. The highest BCUT2D eigenvalue weighted by Crippen LogP contribution is 2.44. The molecule has 0 atom stereocenters. The minimum absolute atomic E-state index is 0.0669. The number of hydrogen-bond acceptors (Lipinski definition) is 4. The maximum Gasteiger partial charge on any atom is 0.416 e. The molecule has 4 nitrogen and oxygen atoms in total. The number of pyridine rings is 1. The Hall–Kier alpha value is -3.39. The van der Waals surface area contributed by atoms with E-state index in [9.17, 15) is 27.5 Å². The van der Waals surface area contributed by atoms with Crippen LogP contribution in [0.15, 0.2) is 48.5 Å². The highest BCUT2D eigenvalue weighted by atomic mass is 35.5. The first-order valence-electron chi connectivity index (χ1n) is 10.7. The fraction of sp³-hybridized carbons (Fsp3) is 0.231. The third kappa shape index (κ3) is 5.48. The minimum Gasteiger partial charge on any atom is -0.543 e. The van der Waals surface area contributed by atoms with Gasteiger partial charge in [0.05, 0.1) is 22.9 Å². The van der Waals surface area contributed by atoms with Crippen LogP contribution in [0.4, 0.5) is 17.6 Å². The average Bonchev–Trinajstić information content (AvgIpc) is 3.28. The van der Waals surface area contributed by atoms with Gasteiger partial charge in [0.25, 0.3) is 0 Å². The van der Waals surface area contributed by atoms with E-state index in [2.05, 4.69) is 4.98 Å². The van der Waals surface area contributed by atoms with E-state index in [-0.39, 0.29) is 17.3 Å². The van der Waals surface area contributed by atoms with Crippen molar-refractivity contribution >= 4 is 28.7 Å². The molecule has 35 heavy (non-hydrogen) atoms. The van der Waals surface area contributed by atoms with Gasteiger partial charge in [-0.25, -0.2) is 9.37 Å². The Kier molecular flexibility index (Phi) is 6.85. The number of allylic oxidation sites excluding steroid dienone is 2. The van der Waals surface area contributed by atoms with Crippen molar-refractivity contribution in [3.63, 3.8) is 0 Å². The van der Waals surface area contributed by atoms with Crippen molar-refractivity contribution in [1.29, 1.82) is 0 Å². The Balaban J connectivity index is 1.78. The first kappa shape index (κ1) is 24.7. The van der Waals surface area contributed by atoms with Crippen LogP contribution < -0.4 is 9.84 Å². The Morgan fingerprint density at radius 1 is 1.09 bits per heavy atom. The number of hydrogen-bond donors (Lipinski definition) is 0. The number of carbonyl (C=O) groups is 1. The van der Waals surface area contributed by atoms with Crippen molar-refractivity contribution in [2.45, 2.75) is 39.0 Å². The van der Waals surface area contributed by atoms with Crippen LogP contribution in [-0.4, -0.2) is 11.0 Å². The molecule has 0 aliphatic heterocycles. The molecule has 0 fully saturated rings. The summed E-state index contributed by atoms with van der Waals surface area (Å²) in [4.78, 5) is 15.3. The number of carbonyl (C=O) groups excluding carboxylic acids is 1. The van der Waals surface area contributed by atoms with Crippen LogP contribution >= 0.6 is 11.6 Å². The molecule has 0 saturated heterocycles. The zero-order valence-corrected chi connectivity index (χ0v) is 19.3. The summed E-state index contributed by atoms with van der Waals surface area (Å²) in [6.45, 7) is 1.77. The van der Waals surface area contributed by atoms with Gasteiger partial charge < -0.3 is 14.6 Å². The summed E-state index contributed by atoms with van der Waals surface area (Å²) >= 11 is 5.80. The Morgan fingerprint density at radius 3 is 2.51 bits per heavy atom. The van der Waals surface area contributed by atoms with Gasteiger partial charge in [-0.1, -0.05) is 29.3 Å². The second-order valence-corrected chi connectivity index (χ2v) is 8.68. The van der Waals surface area contributed by atoms with E-state index in [1.165, 1.54) is 12.1 Å². The van der Waals surface area contributed by atoms with Crippen molar-refractivity contribution < 1.29 is 32.2 Å². The fourth-order valence-corrected chi connectivity index (χ4v) is 4.24. The van der Waals surface area contributed by atoms with Gasteiger partial charge in [0, 0.05) is 16.1 Å². The van der Waals surface area contributed by atoms with E-state index in [4.69, 9.17) is 16.3 Å². The Bertz CT molecular complexity index is 1330. The summed E-state index contributed by atoms with van der Waals surface area (Å²) in [7, 11) is 0. The maximum absolute atomic E-state index is 14.2. The molecule has 0 radical (unpaired) electrons. The molecule has 1 aliphatic rings. The SMILES string of the molecule is Cc1ccc(OCc2ccc(Cl)cc2F)c(C2=C(c3cc(C(F)(F)F)cc(C(=O)[O-])n3)CCC2)c1. The highest BCUT2D eigenvalue weighted by molar-refractivity contribution is 6.30. The number of benzene rings is 2. The lowest BCUT2D eigenvalue weighted by Crippen LogP contribution is -2.25. The summed E-state index contributed by atoms with van der Waals surface area (Å²) < 4.78 is 60.4. The van der Waals surface area contributed by atoms with Gasteiger partial charge in [0.1, 0.15) is 18.2 Å². The number of aryl methyl sites for hydroxylation is 1. The number of halogens is 5. The lowest BCUT2D eigenvalue weighted by Gasteiger charge is -2.17. The van der Waals surface area contributed by atoms with Crippen LogP contribution in [0.3, 0.4) is 0 Å². The van der Waals surface area contributed by atoms with Crippen molar-refractivity contribution in [2.24, 2.45) is 0 Å². The quantitative estimate of drug-likeness (QED) is 0.373. The molecule has 9 heteroatoms. The highest BCUT2D eigenvalue weighted by Gasteiger charge is 2.33. The summed E-state index contributed by atoms with van der Waals surface area (Å²) in [5.41, 5.74) is 1.06. The molecule has 0 saturated carbocycles. The Labute approximate surface area is 203 Å². The molecule has 0 unspecified atom stereocenters. The number of carboxylic acids is 1. The minimum atomic E-state index is -4.75. The second-order valence-electron chi connectivity index (χ2n) is 8.25.